The highest BCUT2D eigenvalue weighted by atomic mass is 32.2. The van der Waals surface area contributed by atoms with Crippen molar-refractivity contribution in [3.05, 3.63) is 70.9 Å². The Labute approximate surface area is 189 Å². The molecule has 2 aliphatic heterocycles. The SMILES string of the molecule is O=C(Cn1nc2c(c1NC(=O)c1ccc3c(c1)OCO3)CSC2)NCCc1ccccc1. The third-order valence-corrected chi connectivity index (χ3v) is 6.33. The molecule has 2 aromatic carbocycles. The molecule has 3 aromatic rings. The van der Waals surface area contributed by atoms with Crippen molar-refractivity contribution in [1.29, 1.82) is 0 Å². The van der Waals surface area contributed by atoms with Crippen molar-refractivity contribution in [2.75, 3.05) is 18.7 Å². The van der Waals surface area contributed by atoms with E-state index in [9.17, 15) is 9.59 Å². The second-order valence-electron chi connectivity index (χ2n) is 7.53. The molecule has 5 rings (SSSR count). The van der Waals surface area contributed by atoms with Gasteiger partial charge in [0.05, 0.1) is 5.69 Å². The van der Waals surface area contributed by atoms with Crippen LogP contribution in [0.2, 0.25) is 0 Å². The lowest BCUT2D eigenvalue weighted by molar-refractivity contribution is -0.121. The average molecular weight is 451 g/mol. The minimum Gasteiger partial charge on any atom is -0.454 e. The fraction of sp³-hybridized carbons (Fsp3) is 0.261. The maximum absolute atomic E-state index is 12.9. The minimum absolute atomic E-state index is 0.0448. The molecule has 2 N–H and O–H groups in total. The average Bonchev–Trinajstić information content (AvgIpc) is 3.52. The quantitative estimate of drug-likeness (QED) is 0.575. The molecule has 2 aliphatic rings. The van der Waals surface area contributed by atoms with E-state index in [0.29, 0.717) is 29.4 Å². The first-order chi connectivity index (χ1) is 15.7. The first-order valence-corrected chi connectivity index (χ1v) is 11.5. The summed E-state index contributed by atoms with van der Waals surface area (Å²) >= 11 is 1.74. The van der Waals surface area contributed by atoms with Crippen LogP contribution in [0.25, 0.3) is 0 Å². The number of nitrogens with zero attached hydrogens (tertiary/aromatic N) is 2. The highest BCUT2D eigenvalue weighted by Crippen LogP contribution is 2.36. The number of amides is 2. The molecule has 0 bridgehead atoms. The van der Waals surface area contributed by atoms with Gasteiger partial charge >= 0.3 is 0 Å². The smallest absolute Gasteiger partial charge is 0.256 e. The number of aromatic nitrogens is 2. The molecule has 8 nitrogen and oxygen atoms in total. The van der Waals surface area contributed by atoms with Crippen LogP contribution in [0.15, 0.2) is 48.5 Å². The molecule has 0 unspecified atom stereocenters. The van der Waals surface area contributed by atoms with Crippen molar-refractivity contribution in [2.45, 2.75) is 24.5 Å². The molecular formula is C23H22N4O4S. The lowest BCUT2D eigenvalue weighted by Crippen LogP contribution is -2.30. The topological polar surface area (TPSA) is 94.5 Å². The molecule has 3 heterocycles. The zero-order valence-electron chi connectivity index (χ0n) is 17.3. The van der Waals surface area contributed by atoms with Crippen molar-refractivity contribution >= 4 is 29.4 Å². The summed E-state index contributed by atoms with van der Waals surface area (Å²) in [6.07, 6.45) is 0.756. The Balaban J connectivity index is 1.27. The van der Waals surface area contributed by atoms with Crippen LogP contribution in [0.3, 0.4) is 0 Å². The Morgan fingerprint density at radius 1 is 1.06 bits per heavy atom. The Hall–Kier alpha value is -3.46. The molecule has 32 heavy (non-hydrogen) atoms. The van der Waals surface area contributed by atoms with Gasteiger partial charge in [-0.3, -0.25) is 9.59 Å². The lowest BCUT2D eigenvalue weighted by atomic mass is 10.1. The summed E-state index contributed by atoms with van der Waals surface area (Å²) in [6.45, 7) is 0.735. The van der Waals surface area contributed by atoms with E-state index in [1.54, 1.807) is 34.6 Å². The van der Waals surface area contributed by atoms with E-state index in [1.165, 1.54) is 5.56 Å². The third-order valence-electron chi connectivity index (χ3n) is 5.36. The molecule has 1 aromatic heterocycles. The molecule has 0 spiro atoms. The first-order valence-electron chi connectivity index (χ1n) is 10.4. The number of carbonyl (C=O) groups is 2. The fourth-order valence-corrected chi connectivity index (χ4v) is 4.76. The summed E-state index contributed by atoms with van der Waals surface area (Å²) < 4.78 is 12.3. The minimum atomic E-state index is -0.284. The Morgan fingerprint density at radius 2 is 1.91 bits per heavy atom. The van der Waals surface area contributed by atoms with Crippen LogP contribution in [0.4, 0.5) is 5.82 Å². The fourth-order valence-electron chi connectivity index (χ4n) is 3.72. The molecule has 0 saturated carbocycles. The van der Waals surface area contributed by atoms with E-state index in [2.05, 4.69) is 15.7 Å². The van der Waals surface area contributed by atoms with Crippen molar-refractivity contribution < 1.29 is 19.1 Å². The molecule has 2 amide bonds. The number of anilines is 1. The molecule has 0 saturated heterocycles. The van der Waals surface area contributed by atoms with E-state index in [4.69, 9.17) is 9.47 Å². The number of hydrogen-bond acceptors (Lipinski definition) is 6. The van der Waals surface area contributed by atoms with Gasteiger partial charge in [0.15, 0.2) is 11.5 Å². The second kappa shape index (κ2) is 8.96. The van der Waals surface area contributed by atoms with Crippen molar-refractivity contribution in [3.8, 4) is 11.5 Å². The van der Waals surface area contributed by atoms with E-state index in [1.807, 2.05) is 30.3 Å². The highest BCUT2D eigenvalue weighted by Gasteiger charge is 2.26. The van der Waals surface area contributed by atoms with Crippen LogP contribution in [0, 0.1) is 0 Å². The maximum atomic E-state index is 12.9. The molecule has 0 radical (unpaired) electrons. The van der Waals surface area contributed by atoms with Crippen molar-refractivity contribution in [2.24, 2.45) is 0 Å². The summed E-state index contributed by atoms with van der Waals surface area (Å²) in [4.78, 5) is 25.5. The van der Waals surface area contributed by atoms with Crippen LogP contribution in [0.1, 0.15) is 27.2 Å². The third kappa shape index (κ3) is 4.29. The number of carbonyl (C=O) groups excluding carboxylic acids is 2. The summed E-state index contributed by atoms with van der Waals surface area (Å²) in [7, 11) is 0. The normalized spacial score (nSPS) is 13.6. The number of hydrogen-bond donors (Lipinski definition) is 2. The number of nitrogens with one attached hydrogen (secondary N) is 2. The molecule has 0 aliphatic carbocycles. The van der Waals surface area contributed by atoms with Gasteiger partial charge in [0.25, 0.3) is 5.91 Å². The van der Waals surface area contributed by atoms with Crippen LogP contribution < -0.4 is 20.1 Å². The number of rotatable bonds is 7. The summed E-state index contributed by atoms with van der Waals surface area (Å²) in [6, 6.07) is 15.1. The van der Waals surface area contributed by atoms with Gasteiger partial charge in [-0.15, -0.1) is 0 Å². The van der Waals surface area contributed by atoms with Crippen molar-refractivity contribution in [3.63, 3.8) is 0 Å². The van der Waals surface area contributed by atoms with E-state index >= 15 is 0 Å². The summed E-state index contributed by atoms with van der Waals surface area (Å²) in [5.74, 6) is 2.83. The molecular weight excluding hydrogens is 428 g/mol. The molecule has 0 atom stereocenters. The van der Waals surface area contributed by atoms with Crippen LogP contribution in [-0.2, 0) is 29.3 Å². The van der Waals surface area contributed by atoms with Gasteiger partial charge in [-0.25, -0.2) is 4.68 Å². The van der Waals surface area contributed by atoms with E-state index < -0.39 is 0 Å². The monoisotopic (exact) mass is 450 g/mol. The second-order valence-corrected chi connectivity index (χ2v) is 8.52. The Kier molecular flexibility index (Phi) is 5.72. The van der Waals surface area contributed by atoms with E-state index in [-0.39, 0.29) is 25.2 Å². The maximum Gasteiger partial charge on any atom is 0.256 e. The summed E-state index contributed by atoms with van der Waals surface area (Å²) in [5.41, 5.74) is 3.50. The van der Waals surface area contributed by atoms with Gasteiger partial charge in [0.1, 0.15) is 12.4 Å². The zero-order valence-corrected chi connectivity index (χ0v) is 18.1. The van der Waals surface area contributed by atoms with Gasteiger partial charge in [-0.05, 0) is 30.2 Å². The summed E-state index contributed by atoms with van der Waals surface area (Å²) in [5, 5.41) is 10.5. The first kappa shape index (κ1) is 20.4. The number of thioether (sulfide) groups is 1. The van der Waals surface area contributed by atoms with Crippen LogP contribution in [-0.4, -0.2) is 34.9 Å². The van der Waals surface area contributed by atoms with Crippen LogP contribution in [0.5, 0.6) is 11.5 Å². The van der Waals surface area contributed by atoms with Crippen LogP contribution >= 0.6 is 11.8 Å². The van der Waals surface area contributed by atoms with Gasteiger partial charge in [0, 0.05) is 29.2 Å². The van der Waals surface area contributed by atoms with Gasteiger partial charge in [-0.2, -0.15) is 16.9 Å². The van der Waals surface area contributed by atoms with Gasteiger partial charge < -0.3 is 20.1 Å². The Bertz CT molecular complexity index is 1160. The predicted molar refractivity (Wildman–Crippen MR) is 121 cm³/mol. The van der Waals surface area contributed by atoms with Gasteiger partial charge in [0.2, 0.25) is 12.7 Å². The lowest BCUT2D eigenvalue weighted by Gasteiger charge is -2.12. The van der Waals surface area contributed by atoms with Crippen molar-refractivity contribution in [1.82, 2.24) is 15.1 Å². The predicted octanol–water partition coefficient (Wildman–Crippen LogP) is 2.97. The zero-order chi connectivity index (χ0) is 21.9. The molecule has 9 heteroatoms. The standard InChI is InChI=1S/C23H22N4O4S/c28-21(24-9-8-15-4-2-1-3-5-15)11-27-22(17-12-32-13-18(17)26-27)25-23(29)16-6-7-19-20(10-16)31-14-30-19/h1-7,10H,8-9,11-14H2,(H,24,28)(H,25,29). The molecule has 0 fully saturated rings. The van der Waals surface area contributed by atoms with E-state index in [0.717, 1.165) is 29.2 Å². The number of fused-ring (bicyclic) bond motifs is 2. The Morgan fingerprint density at radius 3 is 2.78 bits per heavy atom. The van der Waals surface area contributed by atoms with Gasteiger partial charge in [-0.1, -0.05) is 30.3 Å². The largest absolute Gasteiger partial charge is 0.454 e. The number of ether oxygens (including phenoxy) is 2. The number of benzene rings is 2. The molecule has 164 valence electrons. The highest BCUT2D eigenvalue weighted by molar-refractivity contribution is 7.98.